The van der Waals surface area contributed by atoms with E-state index in [1.54, 1.807) is 18.2 Å². The molecule has 1 aliphatic heterocycles. The van der Waals surface area contributed by atoms with Crippen LogP contribution in [0.25, 0.3) is 10.8 Å². The molecule has 28 heavy (non-hydrogen) atoms. The van der Waals surface area contributed by atoms with E-state index in [1.165, 1.54) is 6.07 Å². The Morgan fingerprint density at radius 2 is 1.86 bits per heavy atom. The van der Waals surface area contributed by atoms with Crippen LogP contribution in [-0.2, 0) is 5.60 Å². The van der Waals surface area contributed by atoms with Gasteiger partial charge < -0.3 is 19.7 Å². The van der Waals surface area contributed by atoms with Crippen molar-refractivity contribution in [2.45, 2.75) is 25.4 Å². The van der Waals surface area contributed by atoms with Crippen molar-refractivity contribution in [3.8, 4) is 23.0 Å². The lowest BCUT2D eigenvalue weighted by Gasteiger charge is -2.43. The fourth-order valence-corrected chi connectivity index (χ4v) is 4.65. The molecule has 2 unspecified atom stereocenters. The lowest BCUT2D eigenvalue weighted by Crippen LogP contribution is -2.50. The monoisotopic (exact) mass is 376 g/mol. The molecule has 5 heteroatoms. The normalized spacial score (nSPS) is 23.0. The highest BCUT2D eigenvalue weighted by atomic mass is 16.6. The van der Waals surface area contributed by atoms with Crippen molar-refractivity contribution in [1.29, 1.82) is 0 Å². The minimum absolute atomic E-state index is 0.0300. The summed E-state index contributed by atoms with van der Waals surface area (Å²) in [7, 11) is 0. The Morgan fingerprint density at radius 1 is 1.04 bits per heavy atom. The standard InChI is InChI=1S/C23H20O5/c1-2-13-11-18(26)22-15(6-4-7-17(22)25)23(13)12-27-19-8-3-5-14-16(24)9-10-20(28-23)21(14)19/h3-10,13,24-25H,2,11-12H2,1H3. The molecule has 2 N–H and O–H groups in total. The van der Waals surface area contributed by atoms with Crippen molar-refractivity contribution in [1.82, 2.24) is 0 Å². The zero-order valence-corrected chi connectivity index (χ0v) is 15.4. The summed E-state index contributed by atoms with van der Waals surface area (Å²) >= 11 is 0. The van der Waals surface area contributed by atoms with E-state index in [1.807, 2.05) is 31.2 Å². The smallest absolute Gasteiger partial charge is 0.172 e. The number of ether oxygens (including phenoxy) is 2. The van der Waals surface area contributed by atoms with Gasteiger partial charge >= 0.3 is 0 Å². The number of phenolic OH excluding ortho intramolecular Hbond substituents is 2. The quantitative estimate of drug-likeness (QED) is 0.653. The van der Waals surface area contributed by atoms with Crippen LogP contribution in [0.15, 0.2) is 48.5 Å². The van der Waals surface area contributed by atoms with E-state index in [0.717, 1.165) is 6.42 Å². The number of fused-ring (bicyclic) bond motifs is 2. The fourth-order valence-electron chi connectivity index (χ4n) is 4.65. The second-order valence-corrected chi connectivity index (χ2v) is 7.47. The van der Waals surface area contributed by atoms with E-state index in [-0.39, 0.29) is 36.2 Å². The summed E-state index contributed by atoms with van der Waals surface area (Å²) in [6.07, 6.45) is 1.00. The number of carbonyl (C=O) groups excluding carboxylic acids is 1. The Bertz CT molecular complexity index is 1120. The van der Waals surface area contributed by atoms with Crippen LogP contribution in [0.4, 0.5) is 0 Å². The summed E-state index contributed by atoms with van der Waals surface area (Å²) < 4.78 is 12.9. The Kier molecular flexibility index (Phi) is 3.56. The predicted octanol–water partition coefficient (Wildman–Crippen LogP) is 4.53. The number of aromatic hydroxyl groups is 2. The fraction of sp³-hybridized carbons (Fsp3) is 0.261. The molecule has 1 spiro atoms. The number of hydrogen-bond acceptors (Lipinski definition) is 5. The van der Waals surface area contributed by atoms with Crippen LogP contribution in [0.1, 0.15) is 35.7 Å². The van der Waals surface area contributed by atoms with Crippen molar-refractivity contribution in [2.75, 3.05) is 6.61 Å². The molecule has 0 saturated heterocycles. The maximum atomic E-state index is 12.8. The largest absolute Gasteiger partial charge is 0.507 e. The summed E-state index contributed by atoms with van der Waals surface area (Å²) in [4.78, 5) is 12.8. The highest BCUT2D eigenvalue weighted by Crippen LogP contribution is 2.51. The first-order valence-corrected chi connectivity index (χ1v) is 9.47. The number of phenols is 2. The molecule has 5 nitrogen and oxygen atoms in total. The number of ketones is 1. The molecule has 0 saturated carbocycles. The number of hydrogen-bond donors (Lipinski definition) is 2. The molecule has 3 aromatic rings. The van der Waals surface area contributed by atoms with Crippen molar-refractivity contribution in [3.63, 3.8) is 0 Å². The van der Waals surface area contributed by atoms with Gasteiger partial charge in [0, 0.05) is 23.3 Å². The summed E-state index contributed by atoms with van der Waals surface area (Å²) in [5, 5.41) is 22.0. The Balaban J connectivity index is 1.78. The molecule has 5 rings (SSSR count). The minimum atomic E-state index is -0.903. The van der Waals surface area contributed by atoms with Crippen LogP contribution in [0.5, 0.6) is 23.0 Å². The third-order valence-corrected chi connectivity index (χ3v) is 6.04. The lowest BCUT2D eigenvalue weighted by molar-refractivity contribution is -0.0380. The third kappa shape index (κ3) is 2.16. The highest BCUT2D eigenvalue weighted by molar-refractivity contribution is 6.02. The molecule has 1 aliphatic carbocycles. The van der Waals surface area contributed by atoms with Crippen LogP contribution in [0.3, 0.4) is 0 Å². The average molecular weight is 376 g/mol. The van der Waals surface area contributed by atoms with Gasteiger partial charge in [0.05, 0.1) is 10.9 Å². The van der Waals surface area contributed by atoms with Gasteiger partial charge in [-0.05, 0) is 30.7 Å². The number of benzene rings is 3. The van der Waals surface area contributed by atoms with Crippen LogP contribution < -0.4 is 9.47 Å². The molecule has 142 valence electrons. The van der Waals surface area contributed by atoms with E-state index in [9.17, 15) is 15.0 Å². The van der Waals surface area contributed by atoms with Gasteiger partial charge in [-0.15, -0.1) is 0 Å². The van der Waals surface area contributed by atoms with Gasteiger partial charge in [0.1, 0.15) is 29.6 Å². The molecule has 2 aliphatic rings. The van der Waals surface area contributed by atoms with E-state index in [0.29, 0.717) is 33.4 Å². The first-order chi connectivity index (χ1) is 13.5. The summed E-state index contributed by atoms with van der Waals surface area (Å²) in [6.45, 7) is 2.24. The average Bonchev–Trinajstić information content (AvgIpc) is 2.87. The highest BCUT2D eigenvalue weighted by Gasteiger charge is 2.51. The van der Waals surface area contributed by atoms with Crippen LogP contribution >= 0.6 is 0 Å². The molecule has 2 atom stereocenters. The van der Waals surface area contributed by atoms with Gasteiger partial charge in [-0.3, -0.25) is 4.79 Å². The van der Waals surface area contributed by atoms with Gasteiger partial charge in [0.25, 0.3) is 0 Å². The molecular formula is C23H20O5. The molecule has 0 bridgehead atoms. The second kappa shape index (κ2) is 5.89. The zero-order valence-electron chi connectivity index (χ0n) is 15.4. The van der Waals surface area contributed by atoms with Gasteiger partial charge in [-0.25, -0.2) is 0 Å². The minimum Gasteiger partial charge on any atom is -0.507 e. The zero-order chi connectivity index (χ0) is 19.5. The molecule has 0 amide bonds. The lowest BCUT2D eigenvalue weighted by atomic mass is 9.69. The van der Waals surface area contributed by atoms with Gasteiger partial charge in [0.15, 0.2) is 11.4 Å². The molecule has 3 aromatic carbocycles. The SMILES string of the molecule is CCC1CC(=O)c2c(O)cccc2C12COc1cccc3c(O)ccc(c13)O2. The Morgan fingerprint density at radius 3 is 2.68 bits per heavy atom. The summed E-state index contributed by atoms with van der Waals surface area (Å²) in [6, 6.07) is 14.0. The van der Waals surface area contributed by atoms with E-state index in [4.69, 9.17) is 9.47 Å². The van der Waals surface area contributed by atoms with Crippen LogP contribution in [0, 0.1) is 5.92 Å². The van der Waals surface area contributed by atoms with Crippen molar-refractivity contribution in [3.05, 3.63) is 59.7 Å². The first-order valence-electron chi connectivity index (χ1n) is 9.47. The maximum absolute atomic E-state index is 12.8. The number of carbonyl (C=O) groups is 1. The first kappa shape index (κ1) is 16.9. The van der Waals surface area contributed by atoms with E-state index in [2.05, 4.69) is 0 Å². The molecule has 0 aromatic heterocycles. The number of Topliss-reactive ketones (excluding diaryl/α,β-unsaturated/α-hetero) is 1. The van der Waals surface area contributed by atoms with E-state index >= 15 is 0 Å². The van der Waals surface area contributed by atoms with Crippen molar-refractivity contribution in [2.24, 2.45) is 5.92 Å². The molecule has 0 radical (unpaired) electrons. The van der Waals surface area contributed by atoms with Gasteiger partial charge in [-0.1, -0.05) is 31.2 Å². The van der Waals surface area contributed by atoms with Gasteiger partial charge in [-0.2, -0.15) is 0 Å². The van der Waals surface area contributed by atoms with Crippen molar-refractivity contribution >= 4 is 16.6 Å². The second-order valence-electron chi connectivity index (χ2n) is 7.47. The third-order valence-electron chi connectivity index (χ3n) is 6.04. The number of rotatable bonds is 1. The maximum Gasteiger partial charge on any atom is 0.172 e. The molecule has 0 fully saturated rings. The summed E-state index contributed by atoms with van der Waals surface area (Å²) in [5.41, 5.74) is 0.0704. The van der Waals surface area contributed by atoms with Crippen molar-refractivity contribution < 1.29 is 24.5 Å². The topological polar surface area (TPSA) is 76.0 Å². The van der Waals surface area contributed by atoms with Gasteiger partial charge in [0.2, 0.25) is 0 Å². The summed E-state index contributed by atoms with van der Waals surface area (Å²) in [5.74, 6) is 1.18. The molecule has 1 heterocycles. The Labute approximate surface area is 162 Å². The van der Waals surface area contributed by atoms with Crippen LogP contribution in [-0.4, -0.2) is 22.6 Å². The Hall–Kier alpha value is -3.21. The van der Waals surface area contributed by atoms with Crippen LogP contribution in [0.2, 0.25) is 0 Å². The van der Waals surface area contributed by atoms with E-state index < -0.39 is 5.60 Å². The molecular weight excluding hydrogens is 356 g/mol. The predicted molar refractivity (Wildman–Crippen MR) is 104 cm³/mol.